The SMILES string of the molecule is c1ccc(-c2cccc(N(c3ccccc3-c3ccccc3)c3cccc(-c4ccccc4)c3-c3ccccc3-c3ccccc3)c2)cc1. The van der Waals surface area contributed by atoms with E-state index in [0.717, 1.165) is 17.1 Å². The van der Waals surface area contributed by atoms with Crippen molar-refractivity contribution in [2.75, 3.05) is 4.90 Å². The first-order valence-electron chi connectivity index (χ1n) is 16.8. The molecule has 0 heterocycles. The summed E-state index contributed by atoms with van der Waals surface area (Å²) in [6.45, 7) is 0. The number of para-hydroxylation sites is 1. The Hall–Kier alpha value is -6.44. The van der Waals surface area contributed by atoms with Crippen LogP contribution in [0.1, 0.15) is 0 Å². The van der Waals surface area contributed by atoms with Gasteiger partial charge in [0.2, 0.25) is 0 Å². The molecule has 0 amide bonds. The second-order valence-corrected chi connectivity index (χ2v) is 12.1. The van der Waals surface area contributed by atoms with Crippen molar-refractivity contribution in [3.63, 3.8) is 0 Å². The molecule has 0 radical (unpaired) electrons. The van der Waals surface area contributed by atoms with Crippen LogP contribution in [0.2, 0.25) is 0 Å². The van der Waals surface area contributed by atoms with E-state index in [9.17, 15) is 0 Å². The van der Waals surface area contributed by atoms with E-state index in [4.69, 9.17) is 0 Å². The molecule has 0 saturated heterocycles. The average Bonchev–Trinajstić information content (AvgIpc) is 3.20. The quantitative estimate of drug-likeness (QED) is 0.162. The van der Waals surface area contributed by atoms with Crippen molar-refractivity contribution in [2.45, 2.75) is 0 Å². The Morgan fingerprint density at radius 3 is 1.29 bits per heavy atom. The third-order valence-electron chi connectivity index (χ3n) is 9.09. The van der Waals surface area contributed by atoms with Crippen molar-refractivity contribution in [3.8, 4) is 55.6 Å². The van der Waals surface area contributed by atoms with Gasteiger partial charge in [-0.05, 0) is 68.8 Å². The van der Waals surface area contributed by atoms with E-state index in [-0.39, 0.29) is 0 Å². The molecule has 0 N–H and O–H groups in total. The molecule has 232 valence electrons. The highest BCUT2D eigenvalue weighted by Crippen LogP contribution is 2.49. The van der Waals surface area contributed by atoms with Crippen molar-refractivity contribution in [3.05, 3.63) is 212 Å². The van der Waals surface area contributed by atoms with Crippen molar-refractivity contribution in [2.24, 2.45) is 0 Å². The fourth-order valence-electron chi connectivity index (χ4n) is 6.83. The summed E-state index contributed by atoms with van der Waals surface area (Å²) in [6, 6.07) is 76.1. The molecule has 0 bridgehead atoms. The molecule has 0 aliphatic rings. The average molecular weight is 626 g/mol. The van der Waals surface area contributed by atoms with Gasteiger partial charge in [-0.1, -0.05) is 188 Å². The van der Waals surface area contributed by atoms with Gasteiger partial charge in [-0.25, -0.2) is 0 Å². The van der Waals surface area contributed by atoms with E-state index in [1.807, 2.05) is 0 Å². The summed E-state index contributed by atoms with van der Waals surface area (Å²) in [5.74, 6) is 0. The van der Waals surface area contributed by atoms with Gasteiger partial charge >= 0.3 is 0 Å². The van der Waals surface area contributed by atoms with Gasteiger partial charge in [0.15, 0.2) is 0 Å². The van der Waals surface area contributed by atoms with Crippen LogP contribution in [0.25, 0.3) is 55.6 Å². The molecule has 8 rings (SSSR count). The van der Waals surface area contributed by atoms with Gasteiger partial charge in [-0.3, -0.25) is 0 Å². The summed E-state index contributed by atoms with van der Waals surface area (Å²) >= 11 is 0. The molecule has 8 aromatic carbocycles. The number of anilines is 3. The van der Waals surface area contributed by atoms with Crippen LogP contribution in [0.15, 0.2) is 212 Å². The van der Waals surface area contributed by atoms with E-state index >= 15 is 0 Å². The number of hydrogen-bond acceptors (Lipinski definition) is 1. The molecule has 0 unspecified atom stereocenters. The largest absolute Gasteiger partial charge is 0.309 e. The molecule has 1 heteroatoms. The maximum atomic E-state index is 2.46. The molecule has 0 spiro atoms. The zero-order chi connectivity index (χ0) is 32.8. The Bertz CT molecular complexity index is 2310. The van der Waals surface area contributed by atoms with E-state index in [1.165, 1.54) is 55.6 Å². The van der Waals surface area contributed by atoms with Gasteiger partial charge in [-0.15, -0.1) is 0 Å². The van der Waals surface area contributed by atoms with E-state index < -0.39 is 0 Å². The summed E-state index contributed by atoms with van der Waals surface area (Å²) in [5.41, 5.74) is 15.1. The minimum absolute atomic E-state index is 1.09. The highest BCUT2D eigenvalue weighted by atomic mass is 15.1. The molecule has 0 aromatic heterocycles. The maximum absolute atomic E-state index is 2.46. The van der Waals surface area contributed by atoms with Crippen molar-refractivity contribution < 1.29 is 0 Å². The van der Waals surface area contributed by atoms with E-state index in [0.29, 0.717) is 0 Å². The molecule has 1 nitrogen and oxygen atoms in total. The Morgan fingerprint density at radius 2 is 0.653 bits per heavy atom. The summed E-state index contributed by atoms with van der Waals surface area (Å²) in [4.78, 5) is 2.46. The first kappa shape index (κ1) is 29.9. The fourth-order valence-corrected chi connectivity index (χ4v) is 6.83. The van der Waals surface area contributed by atoms with Gasteiger partial charge in [0.1, 0.15) is 0 Å². The molecule has 0 saturated carbocycles. The van der Waals surface area contributed by atoms with Crippen LogP contribution < -0.4 is 4.90 Å². The van der Waals surface area contributed by atoms with Crippen molar-refractivity contribution in [1.82, 2.24) is 0 Å². The molecule has 49 heavy (non-hydrogen) atoms. The number of rotatable bonds is 8. The highest BCUT2D eigenvalue weighted by Gasteiger charge is 2.24. The van der Waals surface area contributed by atoms with Crippen LogP contribution in [-0.2, 0) is 0 Å². The van der Waals surface area contributed by atoms with Gasteiger partial charge in [-0.2, -0.15) is 0 Å². The maximum Gasteiger partial charge on any atom is 0.0546 e. The number of benzene rings is 8. The first-order valence-corrected chi connectivity index (χ1v) is 16.8. The lowest BCUT2D eigenvalue weighted by Gasteiger charge is -2.31. The molecule has 8 aromatic rings. The summed E-state index contributed by atoms with van der Waals surface area (Å²) in [6.07, 6.45) is 0. The Kier molecular flexibility index (Phi) is 8.39. The lowest BCUT2D eigenvalue weighted by Crippen LogP contribution is -2.13. The molecule has 0 aliphatic heterocycles. The van der Waals surface area contributed by atoms with E-state index in [1.54, 1.807) is 0 Å². The molecule has 0 aliphatic carbocycles. The zero-order valence-corrected chi connectivity index (χ0v) is 27.2. The summed E-state index contributed by atoms with van der Waals surface area (Å²) in [7, 11) is 0. The van der Waals surface area contributed by atoms with Crippen LogP contribution in [0, 0.1) is 0 Å². The van der Waals surface area contributed by atoms with Crippen LogP contribution >= 0.6 is 0 Å². The fraction of sp³-hybridized carbons (Fsp3) is 0. The van der Waals surface area contributed by atoms with Gasteiger partial charge < -0.3 is 4.90 Å². The molecular weight excluding hydrogens is 591 g/mol. The second kappa shape index (κ2) is 13.7. The predicted octanol–water partition coefficient (Wildman–Crippen LogP) is 13.5. The smallest absolute Gasteiger partial charge is 0.0546 e. The summed E-state index contributed by atoms with van der Waals surface area (Å²) in [5, 5.41) is 0. The van der Waals surface area contributed by atoms with Crippen LogP contribution in [0.4, 0.5) is 17.1 Å². The standard InChI is InChI=1S/C48H35N/c1-5-19-36(20-6-1)40-27-17-28-41(35-40)49(46-33-16-15-30-43(46)38-23-9-3-10-24-38)47-34-18-32-44(39-25-11-4-12-26-39)48(47)45-31-14-13-29-42(45)37-21-7-2-8-22-37/h1-35H. The molecule has 0 fully saturated rings. The number of hydrogen-bond donors (Lipinski definition) is 0. The minimum Gasteiger partial charge on any atom is -0.309 e. The lowest BCUT2D eigenvalue weighted by atomic mass is 9.87. The first-order chi connectivity index (χ1) is 24.3. The topological polar surface area (TPSA) is 3.24 Å². The minimum atomic E-state index is 1.09. The second-order valence-electron chi connectivity index (χ2n) is 12.1. The number of nitrogens with zero attached hydrogens (tertiary/aromatic N) is 1. The third kappa shape index (κ3) is 6.06. The molecule has 0 atom stereocenters. The van der Waals surface area contributed by atoms with Crippen LogP contribution in [-0.4, -0.2) is 0 Å². The Balaban J connectivity index is 1.46. The Labute approximate surface area is 289 Å². The Morgan fingerprint density at radius 1 is 0.245 bits per heavy atom. The zero-order valence-electron chi connectivity index (χ0n) is 27.2. The lowest BCUT2D eigenvalue weighted by molar-refractivity contribution is 1.28. The van der Waals surface area contributed by atoms with Crippen molar-refractivity contribution in [1.29, 1.82) is 0 Å². The monoisotopic (exact) mass is 625 g/mol. The normalized spacial score (nSPS) is 10.9. The highest BCUT2D eigenvalue weighted by molar-refractivity contribution is 6.02. The van der Waals surface area contributed by atoms with Gasteiger partial charge in [0.25, 0.3) is 0 Å². The van der Waals surface area contributed by atoms with E-state index in [2.05, 4.69) is 217 Å². The summed E-state index contributed by atoms with van der Waals surface area (Å²) < 4.78 is 0. The predicted molar refractivity (Wildman–Crippen MR) is 208 cm³/mol. The third-order valence-corrected chi connectivity index (χ3v) is 9.09. The van der Waals surface area contributed by atoms with Crippen molar-refractivity contribution >= 4 is 17.1 Å². The van der Waals surface area contributed by atoms with Crippen LogP contribution in [0.5, 0.6) is 0 Å². The van der Waals surface area contributed by atoms with Crippen LogP contribution in [0.3, 0.4) is 0 Å². The van der Waals surface area contributed by atoms with Gasteiger partial charge in [0.05, 0.1) is 11.4 Å². The van der Waals surface area contributed by atoms with Gasteiger partial charge in [0, 0.05) is 16.8 Å². The molecular formula is C48H35N.